The number of anilines is 2. The zero-order valence-corrected chi connectivity index (χ0v) is 12.3. The Morgan fingerprint density at radius 2 is 1.85 bits per heavy atom. The summed E-state index contributed by atoms with van der Waals surface area (Å²) in [5.41, 5.74) is 0.657. The first kappa shape index (κ1) is 14.6. The highest BCUT2D eigenvalue weighted by molar-refractivity contribution is 5.92. The summed E-state index contributed by atoms with van der Waals surface area (Å²) >= 11 is 0. The number of nitrogens with zero attached hydrogens (tertiary/aromatic N) is 4. The van der Waals surface area contributed by atoms with E-state index < -0.39 is 0 Å². The molecule has 0 radical (unpaired) electrons. The maximum absolute atomic E-state index is 12.3. The molecule has 6 heteroatoms. The van der Waals surface area contributed by atoms with Crippen molar-refractivity contribution in [3.63, 3.8) is 0 Å². The minimum absolute atomic E-state index is 0.0511. The van der Waals surface area contributed by atoms with Crippen molar-refractivity contribution in [1.29, 1.82) is 0 Å². The molecule has 1 aromatic heterocycles. The smallest absolute Gasteiger partial charge is 0.321 e. The van der Waals surface area contributed by atoms with E-state index in [1.807, 2.05) is 23.9 Å². The van der Waals surface area contributed by atoms with Gasteiger partial charge in [0.2, 0.25) is 0 Å². The van der Waals surface area contributed by atoms with E-state index in [9.17, 15) is 4.79 Å². The van der Waals surface area contributed by atoms with Gasteiger partial charge in [-0.05, 0) is 12.8 Å². The molecule has 6 nitrogen and oxygen atoms in total. The minimum Gasteiger partial charge on any atom is -0.361 e. The molecule has 1 saturated heterocycles. The third kappa shape index (κ3) is 3.82. The zero-order chi connectivity index (χ0) is 14.4. The summed E-state index contributed by atoms with van der Waals surface area (Å²) in [7, 11) is 3.79. The van der Waals surface area contributed by atoms with Gasteiger partial charge in [-0.3, -0.25) is 0 Å². The number of rotatable bonds is 2. The Balaban J connectivity index is 2.03. The predicted molar refractivity (Wildman–Crippen MR) is 80.0 cm³/mol. The normalized spacial score (nSPS) is 16.2. The van der Waals surface area contributed by atoms with Crippen LogP contribution in [0.4, 0.5) is 16.3 Å². The molecular weight excluding hydrogens is 254 g/mol. The Bertz CT molecular complexity index is 441. The fraction of sp³-hybridized carbons (Fsp3) is 0.643. The van der Waals surface area contributed by atoms with Crippen LogP contribution >= 0.6 is 0 Å². The van der Waals surface area contributed by atoms with Gasteiger partial charge in [0.15, 0.2) is 5.82 Å². The molecule has 1 aromatic rings. The molecule has 110 valence electrons. The number of nitrogens with one attached hydrogen (secondary N) is 1. The van der Waals surface area contributed by atoms with Crippen molar-refractivity contribution in [2.24, 2.45) is 0 Å². The third-order valence-electron chi connectivity index (χ3n) is 3.50. The second kappa shape index (κ2) is 7.07. The summed E-state index contributed by atoms with van der Waals surface area (Å²) in [5, 5.41) is 2.93. The van der Waals surface area contributed by atoms with Gasteiger partial charge in [0.05, 0.1) is 6.20 Å². The number of aromatic nitrogens is 2. The van der Waals surface area contributed by atoms with Crippen LogP contribution in [0.1, 0.15) is 32.1 Å². The lowest BCUT2D eigenvalue weighted by Gasteiger charge is -2.25. The molecule has 0 atom stereocenters. The first-order valence-corrected chi connectivity index (χ1v) is 7.22. The summed E-state index contributed by atoms with van der Waals surface area (Å²) in [5.74, 6) is 0.723. The largest absolute Gasteiger partial charge is 0.361 e. The number of likely N-dealkylation sites (tertiary alicyclic amines) is 1. The van der Waals surface area contributed by atoms with Crippen molar-refractivity contribution < 1.29 is 4.79 Å². The predicted octanol–water partition coefficient (Wildman–Crippen LogP) is 2.34. The van der Waals surface area contributed by atoms with Crippen LogP contribution in [-0.2, 0) is 0 Å². The molecule has 0 unspecified atom stereocenters. The van der Waals surface area contributed by atoms with E-state index in [1.54, 1.807) is 6.20 Å². The Morgan fingerprint density at radius 3 is 2.50 bits per heavy atom. The number of hydrogen-bond acceptors (Lipinski definition) is 4. The maximum Gasteiger partial charge on any atom is 0.321 e. The molecule has 0 aliphatic carbocycles. The highest BCUT2D eigenvalue weighted by Crippen LogP contribution is 2.20. The summed E-state index contributed by atoms with van der Waals surface area (Å²) in [4.78, 5) is 24.3. The number of carbonyl (C=O) groups excluding carboxylic acids is 1. The number of carbonyl (C=O) groups is 1. The molecule has 1 fully saturated rings. The third-order valence-corrected chi connectivity index (χ3v) is 3.50. The van der Waals surface area contributed by atoms with Gasteiger partial charge in [-0.1, -0.05) is 19.3 Å². The van der Waals surface area contributed by atoms with Gasteiger partial charge >= 0.3 is 6.03 Å². The Kier molecular flexibility index (Phi) is 5.15. The van der Waals surface area contributed by atoms with E-state index in [2.05, 4.69) is 15.3 Å². The standard InChI is InChI=1S/C14H23N5O/c1-18(2)13-12(10-15-11-16-13)17-14(20)19-8-6-4-3-5-7-9-19/h10-11H,3-9H2,1-2H3,(H,17,20). The van der Waals surface area contributed by atoms with Gasteiger partial charge in [0.25, 0.3) is 0 Å². The summed E-state index contributed by atoms with van der Waals surface area (Å²) < 4.78 is 0. The molecule has 0 spiro atoms. The lowest BCUT2D eigenvalue weighted by atomic mass is 10.1. The van der Waals surface area contributed by atoms with E-state index in [4.69, 9.17) is 0 Å². The summed E-state index contributed by atoms with van der Waals surface area (Å²) in [6, 6.07) is -0.0511. The Morgan fingerprint density at radius 1 is 1.20 bits per heavy atom. The van der Waals surface area contributed by atoms with Crippen molar-refractivity contribution >= 4 is 17.5 Å². The average Bonchev–Trinajstić information content (AvgIpc) is 2.38. The number of amides is 2. The SMILES string of the molecule is CN(C)c1ncncc1NC(=O)N1CCCCCCC1. The zero-order valence-electron chi connectivity index (χ0n) is 12.3. The molecule has 1 aliphatic rings. The molecule has 0 saturated carbocycles. The van der Waals surface area contributed by atoms with E-state index in [-0.39, 0.29) is 6.03 Å². The number of hydrogen-bond donors (Lipinski definition) is 1. The molecule has 2 rings (SSSR count). The first-order chi connectivity index (χ1) is 9.68. The molecule has 0 aromatic carbocycles. The van der Waals surface area contributed by atoms with Crippen LogP contribution in [0.3, 0.4) is 0 Å². The minimum atomic E-state index is -0.0511. The van der Waals surface area contributed by atoms with Crippen LogP contribution in [0.25, 0.3) is 0 Å². The summed E-state index contributed by atoms with van der Waals surface area (Å²) in [6.45, 7) is 1.66. The molecular formula is C14H23N5O. The lowest BCUT2D eigenvalue weighted by molar-refractivity contribution is 0.206. The van der Waals surface area contributed by atoms with Crippen molar-refractivity contribution in [2.75, 3.05) is 37.4 Å². The quantitative estimate of drug-likeness (QED) is 0.901. The molecule has 2 amide bonds. The van der Waals surface area contributed by atoms with E-state index in [1.165, 1.54) is 25.6 Å². The first-order valence-electron chi connectivity index (χ1n) is 7.22. The lowest BCUT2D eigenvalue weighted by Crippen LogP contribution is -2.37. The Labute approximate surface area is 120 Å². The van der Waals surface area contributed by atoms with Crippen LogP contribution in [0.2, 0.25) is 0 Å². The van der Waals surface area contributed by atoms with Gasteiger partial charge in [-0.2, -0.15) is 0 Å². The van der Waals surface area contributed by atoms with Gasteiger partial charge in [0, 0.05) is 27.2 Å². The van der Waals surface area contributed by atoms with Gasteiger partial charge in [0.1, 0.15) is 12.0 Å². The van der Waals surface area contributed by atoms with Crippen LogP contribution in [0.5, 0.6) is 0 Å². The maximum atomic E-state index is 12.3. The molecule has 1 N–H and O–H groups in total. The average molecular weight is 277 g/mol. The van der Waals surface area contributed by atoms with Crippen molar-refractivity contribution in [1.82, 2.24) is 14.9 Å². The topological polar surface area (TPSA) is 61.4 Å². The summed E-state index contributed by atoms with van der Waals surface area (Å²) in [6.07, 6.45) is 9.00. The van der Waals surface area contributed by atoms with E-state index in [0.29, 0.717) is 5.69 Å². The number of urea groups is 1. The van der Waals surface area contributed by atoms with Crippen molar-refractivity contribution in [2.45, 2.75) is 32.1 Å². The van der Waals surface area contributed by atoms with Crippen LogP contribution < -0.4 is 10.2 Å². The molecule has 2 heterocycles. The fourth-order valence-electron chi connectivity index (χ4n) is 2.41. The highest BCUT2D eigenvalue weighted by atomic mass is 16.2. The van der Waals surface area contributed by atoms with Crippen molar-refractivity contribution in [3.05, 3.63) is 12.5 Å². The molecule has 0 bridgehead atoms. The van der Waals surface area contributed by atoms with E-state index >= 15 is 0 Å². The second-order valence-electron chi connectivity index (χ2n) is 5.34. The van der Waals surface area contributed by atoms with Gasteiger partial charge in [-0.25, -0.2) is 14.8 Å². The van der Waals surface area contributed by atoms with Crippen molar-refractivity contribution in [3.8, 4) is 0 Å². The fourth-order valence-corrected chi connectivity index (χ4v) is 2.41. The second-order valence-corrected chi connectivity index (χ2v) is 5.34. The van der Waals surface area contributed by atoms with E-state index in [0.717, 1.165) is 31.7 Å². The van der Waals surface area contributed by atoms with Gasteiger partial charge < -0.3 is 15.1 Å². The monoisotopic (exact) mass is 277 g/mol. The van der Waals surface area contributed by atoms with Crippen LogP contribution in [-0.4, -0.2) is 48.1 Å². The van der Waals surface area contributed by atoms with Crippen LogP contribution in [0, 0.1) is 0 Å². The molecule has 20 heavy (non-hydrogen) atoms. The van der Waals surface area contributed by atoms with Crippen LogP contribution in [0.15, 0.2) is 12.5 Å². The Hall–Kier alpha value is -1.85. The molecule has 1 aliphatic heterocycles. The highest BCUT2D eigenvalue weighted by Gasteiger charge is 2.17. The van der Waals surface area contributed by atoms with Gasteiger partial charge in [-0.15, -0.1) is 0 Å².